The van der Waals surface area contributed by atoms with Gasteiger partial charge in [0.1, 0.15) is 11.5 Å². The predicted molar refractivity (Wildman–Crippen MR) is 137 cm³/mol. The van der Waals surface area contributed by atoms with Gasteiger partial charge >= 0.3 is 0 Å². The molecule has 1 N–H and O–H groups in total. The number of anilines is 2. The van der Waals surface area contributed by atoms with Crippen LogP contribution < -0.4 is 19.7 Å². The van der Waals surface area contributed by atoms with Crippen molar-refractivity contribution in [3.63, 3.8) is 0 Å². The third kappa shape index (κ3) is 3.96. The molecule has 0 aromatic heterocycles. The van der Waals surface area contributed by atoms with Crippen LogP contribution in [-0.2, 0) is 0 Å². The first-order valence-electron chi connectivity index (χ1n) is 11.2. The number of nitrogens with zero attached hydrogens (tertiary/aromatic N) is 1. The van der Waals surface area contributed by atoms with E-state index in [0.717, 1.165) is 11.1 Å². The maximum atomic E-state index is 13.4. The van der Waals surface area contributed by atoms with Gasteiger partial charge in [0.05, 0.1) is 36.7 Å². The summed E-state index contributed by atoms with van der Waals surface area (Å²) in [6.45, 7) is 0. The van der Waals surface area contributed by atoms with Crippen LogP contribution in [0.25, 0.3) is 11.1 Å². The van der Waals surface area contributed by atoms with Crippen molar-refractivity contribution in [3.8, 4) is 22.6 Å². The summed E-state index contributed by atoms with van der Waals surface area (Å²) in [5.41, 5.74) is 3.26. The number of ether oxygens (including phenoxy) is 2. The van der Waals surface area contributed by atoms with E-state index in [4.69, 9.17) is 9.47 Å². The number of carbonyl (C=O) groups is 3. The fourth-order valence-electron chi connectivity index (χ4n) is 4.23. The molecular formula is C29H22N2O5. The molecule has 0 atom stereocenters. The minimum absolute atomic E-state index is 0.178. The Morgan fingerprint density at radius 2 is 1.44 bits per heavy atom. The number of carbonyl (C=O) groups excluding carboxylic acids is 3. The molecule has 0 bridgehead atoms. The van der Waals surface area contributed by atoms with Crippen molar-refractivity contribution in [3.05, 3.63) is 108 Å². The summed E-state index contributed by atoms with van der Waals surface area (Å²) in [5.74, 6) is -0.331. The average molecular weight is 479 g/mol. The summed E-state index contributed by atoms with van der Waals surface area (Å²) in [4.78, 5) is 40.9. The summed E-state index contributed by atoms with van der Waals surface area (Å²) in [5, 5.41) is 2.79. The number of fused-ring (bicyclic) bond motifs is 1. The highest BCUT2D eigenvalue weighted by molar-refractivity contribution is 6.35. The highest BCUT2D eigenvalue weighted by Crippen LogP contribution is 2.36. The van der Waals surface area contributed by atoms with Crippen LogP contribution in [0.1, 0.15) is 31.1 Å². The number of para-hydroxylation sites is 1. The molecule has 36 heavy (non-hydrogen) atoms. The minimum Gasteiger partial charge on any atom is -0.497 e. The van der Waals surface area contributed by atoms with Crippen molar-refractivity contribution < 1.29 is 23.9 Å². The summed E-state index contributed by atoms with van der Waals surface area (Å²) >= 11 is 0. The zero-order valence-electron chi connectivity index (χ0n) is 19.6. The largest absolute Gasteiger partial charge is 0.497 e. The maximum absolute atomic E-state index is 13.4. The van der Waals surface area contributed by atoms with Crippen molar-refractivity contribution in [1.82, 2.24) is 0 Å². The molecule has 0 unspecified atom stereocenters. The molecule has 1 aliphatic rings. The molecule has 3 amide bonds. The van der Waals surface area contributed by atoms with Crippen LogP contribution in [0.15, 0.2) is 91.0 Å². The third-order valence-corrected chi connectivity index (χ3v) is 6.04. The van der Waals surface area contributed by atoms with E-state index in [1.54, 1.807) is 30.3 Å². The number of benzene rings is 4. The van der Waals surface area contributed by atoms with Crippen molar-refractivity contribution >= 4 is 29.1 Å². The quantitative estimate of drug-likeness (QED) is 0.374. The molecule has 0 radical (unpaired) electrons. The number of hydrogen-bond acceptors (Lipinski definition) is 5. The van der Waals surface area contributed by atoms with E-state index >= 15 is 0 Å². The monoisotopic (exact) mass is 478 g/mol. The summed E-state index contributed by atoms with van der Waals surface area (Å²) in [6.07, 6.45) is 0. The van der Waals surface area contributed by atoms with Crippen molar-refractivity contribution in [2.45, 2.75) is 0 Å². The first kappa shape index (κ1) is 22.9. The number of imide groups is 1. The second kappa shape index (κ2) is 9.38. The fraction of sp³-hybridized carbons (Fsp3) is 0.0690. The molecular weight excluding hydrogens is 456 g/mol. The Kier molecular flexibility index (Phi) is 5.96. The Labute approximate surface area is 207 Å². The summed E-state index contributed by atoms with van der Waals surface area (Å²) in [7, 11) is 3.03. The molecule has 0 aliphatic carbocycles. The van der Waals surface area contributed by atoms with Gasteiger partial charge in [0.15, 0.2) is 0 Å². The Hall–Kier alpha value is -4.91. The van der Waals surface area contributed by atoms with Crippen molar-refractivity contribution in [1.29, 1.82) is 0 Å². The van der Waals surface area contributed by atoms with Crippen molar-refractivity contribution in [2.75, 3.05) is 24.4 Å². The second-order valence-electron chi connectivity index (χ2n) is 8.11. The maximum Gasteiger partial charge on any atom is 0.266 e. The number of hydrogen-bond donors (Lipinski definition) is 1. The third-order valence-electron chi connectivity index (χ3n) is 6.04. The van der Waals surface area contributed by atoms with Gasteiger partial charge in [-0.2, -0.15) is 0 Å². The second-order valence-corrected chi connectivity index (χ2v) is 8.11. The first-order chi connectivity index (χ1) is 17.5. The van der Waals surface area contributed by atoms with E-state index in [2.05, 4.69) is 5.32 Å². The van der Waals surface area contributed by atoms with E-state index in [1.165, 1.54) is 37.3 Å². The van der Waals surface area contributed by atoms with Gasteiger partial charge in [-0.15, -0.1) is 0 Å². The van der Waals surface area contributed by atoms with Crippen molar-refractivity contribution in [2.24, 2.45) is 0 Å². The standard InChI is InChI=1S/C29H22N2O5/c1-35-20-13-15-24(26(17-20)36-2)30-27(32)19-12-14-22-23(16-19)29(34)31(28(22)33)25-11-7-6-10-21(25)18-8-4-3-5-9-18/h3-17H,1-2H3,(H,30,32). The van der Waals surface area contributed by atoms with Gasteiger partial charge in [-0.3, -0.25) is 14.4 Å². The normalized spacial score (nSPS) is 12.3. The van der Waals surface area contributed by atoms with Crippen LogP contribution in [-0.4, -0.2) is 31.9 Å². The number of nitrogens with one attached hydrogen (secondary N) is 1. The van der Waals surface area contributed by atoms with Gasteiger partial charge in [-0.25, -0.2) is 4.90 Å². The first-order valence-corrected chi connectivity index (χ1v) is 11.2. The summed E-state index contributed by atoms with van der Waals surface area (Å²) < 4.78 is 10.5. The molecule has 0 fully saturated rings. The molecule has 5 rings (SSSR count). The summed E-state index contributed by atoms with van der Waals surface area (Å²) in [6, 6.07) is 26.3. The zero-order valence-corrected chi connectivity index (χ0v) is 19.6. The number of amides is 3. The Balaban J connectivity index is 1.46. The molecule has 0 spiro atoms. The van der Waals surface area contributed by atoms with Crippen LogP contribution in [0.3, 0.4) is 0 Å². The highest BCUT2D eigenvalue weighted by Gasteiger charge is 2.38. The van der Waals surface area contributed by atoms with E-state index in [0.29, 0.717) is 22.9 Å². The van der Waals surface area contributed by atoms with Gasteiger partial charge in [0.2, 0.25) is 0 Å². The average Bonchev–Trinajstić information content (AvgIpc) is 3.18. The smallest absolute Gasteiger partial charge is 0.266 e. The topological polar surface area (TPSA) is 84.9 Å². The van der Waals surface area contributed by atoms with Gasteiger partial charge < -0.3 is 14.8 Å². The number of rotatable bonds is 6. The molecule has 7 nitrogen and oxygen atoms in total. The van der Waals surface area contributed by atoms with E-state index in [1.807, 2.05) is 42.5 Å². The molecule has 178 valence electrons. The molecule has 7 heteroatoms. The predicted octanol–water partition coefficient (Wildman–Crippen LogP) is 5.42. The minimum atomic E-state index is -0.477. The number of methoxy groups -OCH3 is 2. The van der Waals surface area contributed by atoms with Crippen LogP contribution >= 0.6 is 0 Å². The molecule has 0 saturated heterocycles. The lowest BCUT2D eigenvalue weighted by Crippen LogP contribution is -2.29. The Morgan fingerprint density at radius 3 is 2.19 bits per heavy atom. The van der Waals surface area contributed by atoms with E-state index < -0.39 is 17.7 Å². The van der Waals surface area contributed by atoms with Gasteiger partial charge in [-0.05, 0) is 42.0 Å². The fourth-order valence-corrected chi connectivity index (χ4v) is 4.23. The highest BCUT2D eigenvalue weighted by atomic mass is 16.5. The Bertz CT molecular complexity index is 1500. The van der Waals surface area contributed by atoms with E-state index in [-0.39, 0.29) is 16.7 Å². The molecule has 4 aromatic carbocycles. The van der Waals surface area contributed by atoms with Crippen LogP contribution in [0.5, 0.6) is 11.5 Å². The lowest BCUT2D eigenvalue weighted by atomic mass is 10.0. The van der Waals surface area contributed by atoms with Gasteiger partial charge in [0.25, 0.3) is 17.7 Å². The molecule has 1 heterocycles. The van der Waals surface area contributed by atoms with Gasteiger partial charge in [-0.1, -0.05) is 48.5 Å². The Morgan fingerprint density at radius 1 is 0.722 bits per heavy atom. The van der Waals surface area contributed by atoms with Gasteiger partial charge in [0, 0.05) is 17.2 Å². The molecule has 1 aliphatic heterocycles. The lowest BCUT2D eigenvalue weighted by molar-refractivity contribution is 0.0925. The van der Waals surface area contributed by atoms with Crippen LogP contribution in [0, 0.1) is 0 Å². The zero-order chi connectivity index (χ0) is 25.2. The van der Waals surface area contributed by atoms with E-state index in [9.17, 15) is 14.4 Å². The van der Waals surface area contributed by atoms with Crippen LogP contribution in [0.2, 0.25) is 0 Å². The molecule has 0 saturated carbocycles. The SMILES string of the molecule is COc1ccc(NC(=O)c2ccc3c(c2)C(=O)N(c2ccccc2-c2ccccc2)C3=O)c(OC)c1. The molecule has 4 aromatic rings. The lowest BCUT2D eigenvalue weighted by Gasteiger charge is -2.18. The van der Waals surface area contributed by atoms with Crippen LogP contribution in [0.4, 0.5) is 11.4 Å².